The number of carbonyl (C=O) groups is 1. The van der Waals surface area contributed by atoms with E-state index in [2.05, 4.69) is 24.1 Å². The second-order valence-corrected chi connectivity index (χ2v) is 5.92. The molecule has 1 unspecified atom stereocenters. The van der Waals surface area contributed by atoms with Crippen molar-refractivity contribution in [1.29, 1.82) is 0 Å². The molecule has 0 aromatic heterocycles. The second-order valence-electron chi connectivity index (χ2n) is 5.92. The Morgan fingerprint density at radius 3 is 2.74 bits per heavy atom. The summed E-state index contributed by atoms with van der Waals surface area (Å²) in [6.45, 7) is 7.75. The lowest BCUT2D eigenvalue weighted by atomic mass is 9.99. The largest absolute Gasteiger partial charge is 0.460 e. The Morgan fingerprint density at radius 1 is 1.37 bits per heavy atom. The molecule has 19 heavy (non-hydrogen) atoms. The van der Waals surface area contributed by atoms with Gasteiger partial charge in [0.1, 0.15) is 6.61 Å². The van der Waals surface area contributed by atoms with E-state index < -0.39 is 0 Å². The van der Waals surface area contributed by atoms with Crippen LogP contribution >= 0.6 is 0 Å². The van der Waals surface area contributed by atoms with Crippen LogP contribution in [0.15, 0.2) is 11.3 Å². The Kier molecular flexibility index (Phi) is 4.50. The van der Waals surface area contributed by atoms with Gasteiger partial charge in [-0.25, -0.2) is 4.79 Å². The molecule has 0 aromatic carbocycles. The van der Waals surface area contributed by atoms with Gasteiger partial charge >= 0.3 is 5.97 Å². The first-order valence-corrected chi connectivity index (χ1v) is 7.38. The highest BCUT2D eigenvalue weighted by molar-refractivity contribution is 5.89. The van der Waals surface area contributed by atoms with Gasteiger partial charge in [0, 0.05) is 18.3 Å². The number of hydrogen-bond acceptors (Lipinski definition) is 4. The van der Waals surface area contributed by atoms with Crippen LogP contribution in [0.4, 0.5) is 0 Å². The number of nitrogens with one attached hydrogen (secondary N) is 1. The van der Waals surface area contributed by atoms with E-state index in [4.69, 9.17) is 4.74 Å². The zero-order valence-electron chi connectivity index (χ0n) is 12.5. The summed E-state index contributed by atoms with van der Waals surface area (Å²) >= 11 is 0. The molecule has 108 valence electrons. The van der Waals surface area contributed by atoms with Gasteiger partial charge in [-0.05, 0) is 32.7 Å². The summed E-state index contributed by atoms with van der Waals surface area (Å²) < 4.78 is 5.47. The van der Waals surface area contributed by atoms with Crippen LogP contribution in [-0.2, 0) is 9.53 Å². The van der Waals surface area contributed by atoms with Crippen LogP contribution in [-0.4, -0.2) is 43.2 Å². The zero-order valence-corrected chi connectivity index (χ0v) is 12.5. The lowest BCUT2D eigenvalue weighted by Gasteiger charge is -2.37. The van der Waals surface area contributed by atoms with Gasteiger partial charge in [0.15, 0.2) is 0 Å². The van der Waals surface area contributed by atoms with Crippen molar-refractivity contribution in [3.05, 3.63) is 11.3 Å². The van der Waals surface area contributed by atoms with Crippen molar-refractivity contribution < 1.29 is 9.53 Å². The van der Waals surface area contributed by atoms with Crippen molar-refractivity contribution in [2.24, 2.45) is 5.92 Å². The molecule has 4 heteroatoms. The fourth-order valence-corrected chi connectivity index (χ4v) is 3.42. The van der Waals surface area contributed by atoms with E-state index >= 15 is 0 Å². The molecule has 2 heterocycles. The van der Waals surface area contributed by atoms with Crippen molar-refractivity contribution in [3.63, 3.8) is 0 Å². The summed E-state index contributed by atoms with van der Waals surface area (Å²) in [5, 5.41) is 3.40. The summed E-state index contributed by atoms with van der Waals surface area (Å²) in [4.78, 5) is 14.5. The van der Waals surface area contributed by atoms with Gasteiger partial charge in [0.2, 0.25) is 0 Å². The summed E-state index contributed by atoms with van der Waals surface area (Å²) in [5.41, 5.74) is 1.96. The maximum atomic E-state index is 12.0. The average Bonchev–Trinajstić information content (AvgIpc) is 2.63. The minimum absolute atomic E-state index is 0.147. The van der Waals surface area contributed by atoms with Crippen LogP contribution in [0.5, 0.6) is 0 Å². The third kappa shape index (κ3) is 2.78. The Bertz CT molecular complexity index is 376. The predicted molar refractivity (Wildman–Crippen MR) is 75.7 cm³/mol. The lowest BCUT2D eigenvalue weighted by molar-refractivity contribution is -0.139. The molecule has 4 nitrogen and oxygen atoms in total. The lowest BCUT2D eigenvalue weighted by Crippen LogP contribution is -2.50. The van der Waals surface area contributed by atoms with E-state index in [0.717, 1.165) is 18.5 Å². The number of likely N-dealkylation sites (N-methyl/N-ethyl adjacent to an activating group) is 1. The van der Waals surface area contributed by atoms with Crippen LogP contribution in [0.25, 0.3) is 0 Å². The summed E-state index contributed by atoms with van der Waals surface area (Å²) in [6, 6.07) is 0.668. The molecule has 1 saturated heterocycles. The van der Waals surface area contributed by atoms with Crippen molar-refractivity contribution in [2.75, 3.05) is 20.2 Å². The van der Waals surface area contributed by atoms with Gasteiger partial charge in [-0.1, -0.05) is 20.3 Å². The SMILES string of the molecule is CN[C@@H]1CCCCN2C(C(C)C)=C(C)C(=O)OCC12. The van der Waals surface area contributed by atoms with E-state index in [9.17, 15) is 4.79 Å². The van der Waals surface area contributed by atoms with E-state index in [1.807, 2.05) is 14.0 Å². The number of allylic oxidation sites excluding steroid dienone is 1. The fourth-order valence-electron chi connectivity index (χ4n) is 3.42. The zero-order chi connectivity index (χ0) is 14.0. The number of cyclic esters (lactones) is 1. The molecule has 0 bridgehead atoms. The van der Waals surface area contributed by atoms with E-state index in [0.29, 0.717) is 18.6 Å². The number of fused-ring (bicyclic) bond motifs is 1. The smallest absolute Gasteiger partial charge is 0.335 e. The molecule has 0 aromatic rings. The normalized spacial score (nSPS) is 28.9. The molecule has 0 spiro atoms. The molecular formula is C15H26N2O2. The van der Waals surface area contributed by atoms with Crippen LogP contribution in [0, 0.1) is 5.92 Å². The topological polar surface area (TPSA) is 41.6 Å². The molecule has 0 radical (unpaired) electrons. The highest BCUT2D eigenvalue weighted by Gasteiger charge is 2.36. The molecule has 2 rings (SSSR count). The average molecular weight is 266 g/mol. The Balaban J connectivity index is 2.41. The van der Waals surface area contributed by atoms with Gasteiger partial charge in [0.25, 0.3) is 0 Å². The number of rotatable bonds is 2. The van der Waals surface area contributed by atoms with Crippen molar-refractivity contribution in [2.45, 2.75) is 52.1 Å². The fraction of sp³-hybridized carbons (Fsp3) is 0.800. The number of carbonyl (C=O) groups excluding carboxylic acids is 1. The van der Waals surface area contributed by atoms with Gasteiger partial charge < -0.3 is 15.0 Å². The van der Waals surface area contributed by atoms with Crippen molar-refractivity contribution in [3.8, 4) is 0 Å². The molecule has 2 aliphatic rings. The number of ether oxygens (including phenoxy) is 1. The maximum Gasteiger partial charge on any atom is 0.335 e. The molecule has 2 aliphatic heterocycles. The maximum absolute atomic E-state index is 12.0. The minimum Gasteiger partial charge on any atom is -0.460 e. The van der Waals surface area contributed by atoms with E-state index in [1.165, 1.54) is 18.5 Å². The Labute approximate surface area is 116 Å². The predicted octanol–water partition coefficient (Wildman–Crippen LogP) is 1.92. The standard InChI is InChI=1S/C15H26N2O2/c1-10(2)14-11(3)15(18)19-9-13-12(16-4)7-5-6-8-17(13)14/h10,12-13,16H,5-9H2,1-4H3/t12-,13?/m1/s1. The van der Waals surface area contributed by atoms with Crippen molar-refractivity contribution in [1.82, 2.24) is 10.2 Å². The minimum atomic E-state index is -0.147. The third-order valence-electron chi connectivity index (χ3n) is 4.33. The first-order chi connectivity index (χ1) is 9.06. The summed E-state index contributed by atoms with van der Waals surface area (Å²) in [5.74, 6) is 0.204. The van der Waals surface area contributed by atoms with Crippen LogP contribution < -0.4 is 5.32 Å². The molecule has 1 N–H and O–H groups in total. The molecular weight excluding hydrogens is 240 g/mol. The Morgan fingerprint density at radius 2 is 2.11 bits per heavy atom. The van der Waals surface area contributed by atoms with Crippen LogP contribution in [0.1, 0.15) is 40.0 Å². The number of nitrogens with zero attached hydrogens (tertiary/aromatic N) is 1. The van der Waals surface area contributed by atoms with Gasteiger partial charge in [-0.15, -0.1) is 0 Å². The van der Waals surface area contributed by atoms with Crippen LogP contribution in [0.2, 0.25) is 0 Å². The Hall–Kier alpha value is -1.03. The molecule has 2 atom stereocenters. The number of hydrogen-bond donors (Lipinski definition) is 1. The number of esters is 1. The van der Waals surface area contributed by atoms with Crippen LogP contribution in [0.3, 0.4) is 0 Å². The summed E-state index contributed by atoms with van der Waals surface area (Å²) in [6.07, 6.45) is 3.57. The molecule has 1 fully saturated rings. The quantitative estimate of drug-likeness (QED) is 0.775. The van der Waals surface area contributed by atoms with Gasteiger partial charge in [-0.2, -0.15) is 0 Å². The highest BCUT2D eigenvalue weighted by Crippen LogP contribution is 2.30. The first-order valence-electron chi connectivity index (χ1n) is 7.38. The third-order valence-corrected chi connectivity index (χ3v) is 4.33. The second kappa shape index (κ2) is 5.95. The first kappa shape index (κ1) is 14.4. The van der Waals surface area contributed by atoms with E-state index in [-0.39, 0.29) is 12.0 Å². The summed E-state index contributed by atoms with van der Waals surface area (Å²) in [7, 11) is 2.01. The monoisotopic (exact) mass is 266 g/mol. The van der Waals surface area contributed by atoms with Gasteiger partial charge in [0.05, 0.1) is 11.6 Å². The van der Waals surface area contributed by atoms with E-state index in [1.54, 1.807) is 0 Å². The molecule has 0 amide bonds. The van der Waals surface area contributed by atoms with Gasteiger partial charge in [-0.3, -0.25) is 0 Å². The van der Waals surface area contributed by atoms with Crippen molar-refractivity contribution >= 4 is 5.97 Å². The molecule has 0 aliphatic carbocycles. The highest BCUT2D eigenvalue weighted by atomic mass is 16.5. The molecule has 0 saturated carbocycles.